The number of ether oxygens (including phenoxy) is 2. The molecule has 0 spiro atoms. The Morgan fingerprint density at radius 3 is 2.61 bits per heavy atom. The van der Waals surface area contributed by atoms with Crippen molar-refractivity contribution in [2.24, 2.45) is 0 Å². The predicted octanol–water partition coefficient (Wildman–Crippen LogP) is 4.19. The van der Waals surface area contributed by atoms with E-state index in [0.29, 0.717) is 17.9 Å². The number of esters is 1. The van der Waals surface area contributed by atoms with E-state index < -0.39 is 0 Å². The van der Waals surface area contributed by atoms with E-state index in [0.717, 1.165) is 14.5 Å². The zero-order chi connectivity index (χ0) is 13.7. The molecule has 0 aromatic heterocycles. The molecule has 0 radical (unpaired) electrons. The third-order valence-electron chi connectivity index (χ3n) is 2.21. The molecular weight excluding hydrogens is 364 g/mol. The van der Waals surface area contributed by atoms with E-state index in [1.165, 1.54) is 0 Å². The summed E-state index contributed by atoms with van der Waals surface area (Å²) in [4.78, 5) is 11.6. The van der Waals surface area contributed by atoms with Gasteiger partial charge in [-0.3, -0.25) is 0 Å². The molecular formula is C13H14Br2O3. The highest BCUT2D eigenvalue weighted by molar-refractivity contribution is 9.11. The van der Waals surface area contributed by atoms with E-state index in [-0.39, 0.29) is 5.97 Å². The summed E-state index contributed by atoms with van der Waals surface area (Å²) in [7, 11) is 1.59. The zero-order valence-electron chi connectivity index (χ0n) is 10.4. The van der Waals surface area contributed by atoms with Gasteiger partial charge in [0.25, 0.3) is 0 Å². The Hall–Kier alpha value is -0.810. The average molecular weight is 378 g/mol. The van der Waals surface area contributed by atoms with Crippen molar-refractivity contribution in [1.82, 2.24) is 0 Å². The quantitative estimate of drug-likeness (QED) is 0.583. The van der Waals surface area contributed by atoms with Gasteiger partial charge in [-0.25, -0.2) is 4.79 Å². The SMILES string of the molecule is CCOC(=O)/C(C)=C/c1cc(Br)cc(Br)c1OC. The lowest BCUT2D eigenvalue weighted by molar-refractivity contribution is -0.138. The second-order valence-electron chi connectivity index (χ2n) is 3.56. The van der Waals surface area contributed by atoms with Crippen LogP contribution in [0.1, 0.15) is 19.4 Å². The van der Waals surface area contributed by atoms with Crippen LogP contribution < -0.4 is 4.74 Å². The molecule has 0 amide bonds. The van der Waals surface area contributed by atoms with Crippen molar-refractivity contribution in [2.45, 2.75) is 13.8 Å². The third-order valence-corrected chi connectivity index (χ3v) is 3.26. The summed E-state index contributed by atoms with van der Waals surface area (Å²) in [6.45, 7) is 3.86. The number of rotatable bonds is 4. The number of carbonyl (C=O) groups excluding carboxylic acids is 1. The van der Waals surface area contributed by atoms with Crippen LogP contribution in [-0.2, 0) is 9.53 Å². The van der Waals surface area contributed by atoms with Crippen LogP contribution in [0, 0.1) is 0 Å². The van der Waals surface area contributed by atoms with Crippen molar-refractivity contribution in [2.75, 3.05) is 13.7 Å². The van der Waals surface area contributed by atoms with Gasteiger partial charge in [-0.05, 0) is 48.0 Å². The summed E-state index contributed by atoms with van der Waals surface area (Å²) in [5.74, 6) is 0.359. The lowest BCUT2D eigenvalue weighted by atomic mass is 10.1. The van der Waals surface area contributed by atoms with E-state index in [4.69, 9.17) is 9.47 Å². The lowest BCUT2D eigenvalue weighted by Crippen LogP contribution is -2.05. The molecule has 0 aliphatic heterocycles. The Morgan fingerprint density at radius 1 is 1.39 bits per heavy atom. The fraction of sp³-hybridized carbons (Fsp3) is 0.308. The number of halogens is 2. The number of benzene rings is 1. The first-order chi connectivity index (χ1) is 8.49. The van der Waals surface area contributed by atoms with Crippen LogP contribution in [0.4, 0.5) is 0 Å². The van der Waals surface area contributed by atoms with Gasteiger partial charge in [0, 0.05) is 15.6 Å². The summed E-state index contributed by atoms with van der Waals surface area (Å²) in [5.41, 5.74) is 1.34. The van der Waals surface area contributed by atoms with Crippen LogP contribution in [0.2, 0.25) is 0 Å². The molecule has 0 N–H and O–H groups in total. The molecule has 1 rings (SSSR count). The van der Waals surface area contributed by atoms with Gasteiger partial charge in [0.1, 0.15) is 5.75 Å². The Balaban J connectivity index is 3.17. The van der Waals surface area contributed by atoms with Gasteiger partial charge in [0.15, 0.2) is 0 Å². The van der Waals surface area contributed by atoms with Gasteiger partial charge in [-0.1, -0.05) is 15.9 Å². The number of methoxy groups -OCH3 is 1. The van der Waals surface area contributed by atoms with Gasteiger partial charge in [-0.15, -0.1) is 0 Å². The molecule has 0 unspecified atom stereocenters. The van der Waals surface area contributed by atoms with Crippen molar-refractivity contribution >= 4 is 43.9 Å². The maximum atomic E-state index is 11.6. The molecule has 1 aromatic rings. The molecule has 5 heteroatoms. The van der Waals surface area contributed by atoms with Gasteiger partial charge in [0.2, 0.25) is 0 Å². The molecule has 0 heterocycles. The normalized spacial score (nSPS) is 11.3. The van der Waals surface area contributed by atoms with Gasteiger partial charge < -0.3 is 9.47 Å². The summed E-state index contributed by atoms with van der Waals surface area (Å²) in [5, 5.41) is 0. The predicted molar refractivity (Wildman–Crippen MR) is 78.7 cm³/mol. The smallest absolute Gasteiger partial charge is 0.333 e. The van der Waals surface area contributed by atoms with E-state index in [1.807, 2.05) is 12.1 Å². The first-order valence-corrected chi connectivity index (χ1v) is 6.96. The molecule has 0 atom stereocenters. The zero-order valence-corrected chi connectivity index (χ0v) is 13.6. The van der Waals surface area contributed by atoms with Crippen LogP contribution in [-0.4, -0.2) is 19.7 Å². The van der Waals surface area contributed by atoms with Crippen LogP contribution in [0.25, 0.3) is 6.08 Å². The molecule has 98 valence electrons. The van der Waals surface area contributed by atoms with Crippen LogP contribution in [0.15, 0.2) is 26.7 Å². The van der Waals surface area contributed by atoms with Crippen molar-refractivity contribution < 1.29 is 14.3 Å². The molecule has 0 aliphatic rings. The summed E-state index contributed by atoms with van der Waals surface area (Å²) in [6.07, 6.45) is 1.74. The first-order valence-electron chi connectivity index (χ1n) is 5.38. The van der Waals surface area contributed by atoms with Crippen molar-refractivity contribution in [3.8, 4) is 5.75 Å². The molecule has 0 saturated heterocycles. The minimum Gasteiger partial charge on any atom is -0.495 e. The fourth-order valence-electron chi connectivity index (χ4n) is 1.44. The van der Waals surface area contributed by atoms with E-state index in [9.17, 15) is 4.79 Å². The summed E-state index contributed by atoms with van der Waals surface area (Å²) in [6, 6.07) is 3.77. The minimum absolute atomic E-state index is 0.323. The molecule has 3 nitrogen and oxygen atoms in total. The fourth-order valence-corrected chi connectivity index (χ4v) is 2.86. The van der Waals surface area contributed by atoms with Crippen LogP contribution >= 0.6 is 31.9 Å². The Bertz CT molecular complexity index is 481. The molecule has 1 aromatic carbocycles. The van der Waals surface area contributed by atoms with Gasteiger partial charge in [0.05, 0.1) is 18.2 Å². The summed E-state index contributed by atoms with van der Waals surface area (Å²) >= 11 is 6.82. The standard InChI is InChI=1S/C13H14Br2O3/c1-4-18-13(16)8(2)5-9-6-10(14)7-11(15)12(9)17-3/h5-7H,4H2,1-3H3/b8-5+. The monoisotopic (exact) mass is 376 g/mol. The first kappa shape index (κ1) is 15.2. The minimum atomic E-state index is -0.323. The Morgan fingerprint density at radius 2 is 2.06 bits per heavy atom. The molecule has 18 heavy (non-hydrogen) atoms. The van der Waals surface area contributed by atoms with Gasteiger partial charge >= 0.3 is 5.97 Å². The maximum Gasteiger partial charge on any atom is 0.333 e. The lowest BCUT2D eigenvalue weighted by Gasteiger charge is -2.09. The number of carbonyl (C=O) groups is 1. The van der Waals surface area contributed by atoms with Crippen molar-refractivity contribution in [3.63, 3.8) is 0 Å². The Labute approximate surface area is 123 Å². The Kier molecular flexibility index (Phi) is 5.88. The topological polar surface area (TPSA) is 35.5 Å². The second-order valence-corrected chi connectivity index (χ2v) is 5.33. The highest BCUT2D eigenvalue weighted by atomic mass is 79.9. The highest BCUT2D eigenvalue weighted by Gasteiger charge is 2.10. The number of hydrogen-bond donors (Lipinski definition) is 0. The van der Waals surface area contributed by atoms with E-state index in [2.05, 4.69) is 31.9 Å². The van der Waals surface area contributed by atoms with Crippen LogP contribution in [0.3, 0.4) is 0 Å². The maximum absolute atomic E-state index is 11.6. The van der Waals surface area contributed by atoms with Gasteiger partial charge in [-0.2, -0.15) is 0 Å². The second kappa shape index (κ2) is 6.95. The van der Waals surface area contributed by atoms with Crippen LogP contribution in [0.5, 0.6) is 5.75 Å². The molecule has 0 fully saturated rings. The molecule has 0 saturated carbocycles. The number of hydrogen-bond acceptors (Lipinski definition) is 3. The highest BCUT2D eigenvalue weighted by Crippen LogP contribution is 2.34. The molecule has 0 bridgehead atoms. The average Bonchev–Trinajstić information content (AvgIpc) is 2.28. The van der Waals surface area contributed by atoms with E-state index >= 15 is 0 Å². The third kappa shape index (κ3) is 3.85. The van der Waals surface area contributed by atoms with Crippen molar-refractivity contribution in [3.05, 3.63) is 32.2 Å². The molecule has 0 aliphatic carbocycles. The van der Waals surface area contributed by atoms with Crippen molar-refractivity contribution in [1.29, 1.82) is 0 Å². The largest absolute Gasteiger partial charge is 0.495 e. The summed E-state index contributed by atoms with van der Waals surface area (Å²) < 4.78 is 12.0. The van der Waals surface area contributed by atoms with E-state index in [1.54, 1.807) is 27.0 Å².